The molecule has 0 saturated heterocycles. The van der Waals surface area contributed by atoms with Gasteiger partial charge in [0.1, 0.15) is 11.9 Å². The molecule has 3 heteroatoms. The van der Waals surface area contributed by atoms with E-state index in [9.17, 15) is 4.79 Å². The molecule has 0 bridgehead atoms. The summed E-state index contributed by atoms with van der Waals surface area (Å²) >= 11 is 4.92. The van der Waals surface area contributed by atoms with Crippen LogP contribution in [0.25, 0.3) is 0 Å². The van der Waals surface area contributed by atoms with E-state index in [2.05, 4.69) is 4.29 Å². The van der Waals surface area contributed by atoms with Crippen molar-refractivity contribution < 1.29 is 9.08 Å². The molecule has 0 amide bonds. The quantitative estimate of drug-likeness (QED) is 0.684. The molecule has 0 radical (unpaired) electrons. The van der Waals surface area contributed by atoms with Crippen molar-refractivity contribution in [1.82, 2.24) is 0 Å². The van der Waals surface area contributed by atoms with Gasteiger partial charge in [0.05, 0.1) is 0 Å². The Morgan fingerprint density at radius 3 is 2.58 bits per heavy atom. The molecule has 0 aromatic carbocycles. The molecule has 2 nitrogen and oxygen atoms in total. The molecule has 0 atom stereocenters. The number of halogens is 1. The van der Waals surface area contributed by atoms with Gasteiger partial charge in [-0.15, -0.1) is 0 Å². The van der Waals surface area contributed by atoms with E-state index in [1.165, 1.54) is 32.1 Å². The van der Waals surface area contributed by atoms with Gasteiger partial charge in [-0.05, 0) is 12.3 Å². The topological polar surface area (TPSA) is 26.3 Å². The van der Waals surface area contributed by atoms with E-state index < -0.39 is 0 Å². The number of carbonyl (C=O) groups excluding carboxylic acids is 1. The predicted octanol–water partition coefficient (Wildman–Crippen LogP) is 3.04. The highest BCUT2D eigenvalue weighted by molar-refractivity contribution is 6.13. The second-order valence-electron chi connectivity index (χ2n) is 3.49. The summed E-state index contributed by atoms with van der Waals surface area (Å²) in [7, 11) is 0. The molecule has 1 aliphatic carbocycles. The summed E-state index contributed by atoms with van der Waals surface area (Å²) in [6.45, 7) is 0. The zero-order valence-electron chi connectivity index (χ0n) is 7.22. The van der Waals surface area contributed by atoms with Crippen LogP contribution in [0.15, 0.2) is 0 Å². The standard InChI is InChI=1S/C9H15ClO2/c10-12-9(11)7-6-8-4-2-1-3-5-8/h8H,1-7H2. The van der Waals surface area contributed by atoms with Crippen molar-refractivity contribution in [3.05, 3.63) is 0 Å². The van der Waals surface area contributed by atoms with Crippen molar-refractivity contribution in [1.29, 1.82) is 0 Å². The normalized spacial score (nSPS) is 19.1. The number of hydrogen-bond acceptors (Lipinski definition) is 2. The summed E-state index contributed by atoms with van der Waals surface area (Å²) in [5.74, 6) is 0.441. The number of hydrogen-bond donors (Lipinski definition) is 0. The van der Waals surface area contributed by atoms with Crippen LogP contribution in [-0.4, -0.2) is 5.97 Å². The van der Waals surface area contributed by atoms with Crippen LogP contribution in [0.5, 0.6) is 0 Å². The van der Waals surface area contributed by atoms with E-state index in [1.54, 1.807) is 0 Å². The average Bonchev–Trinajstić information content (AvgIpc) is 2.16. The highest BCUT2D eigenvalue weighted by Crippen LogP contribution is 2.27. The molecule has 1 rings (SSSR count). The van der Waals surface area contributed by atoms with Gasteiger partial charge in [-0.1, -0.05) is 32.1 Å². The number of carbonyl (C=O) groups is 1. The average molecular weight is 191 g/mol. The Bertz CT molecular complexity index is 141. The van der Waals surface area contributed by atoms with Crippen LogP contribution in [0, 0.1) is 5.92 Å². The lowest BCUT2D eigenvalue weighted by atomic mass is 9.86. The molecule has 0 unspecified atom stereocenters. The van der Waals surface area contributed by atoms with E-state index in [1.807, 2.05) is 0 Å². The van der Waals surface area contributed by atoms with Gasteiger partial charge in [-0.2, -0.15) is 0 Å². The van der Waals surface area contributed by atoms with Crippen molar-refractivity contribution in [2.24, 2.45) is 5.92 Å². The third kappa shape index (κ3) is 3.44. The Kier molecular flexibility index (Phi) is 4.44. The molecule has 0 N–H and O–H groups in total. The van der Waals surface area contributed by atoms with Gasteiger partial charge in [-0.3, -0.25) is 4.79 Å². The van der Waals surface area contributed by atoms with E-state index in [0.717, 1.165) is 12.3 Å². The first kappa shape index (κ1) is 9.85. The first-order chi connectivity index (χ1) is 5.83. The largest absolute Gasteiger partial charge is 0.348 e. The molecule has 1 fully saturated rings. The van der Waals surface area contributed by atoms with E-state index in [0.29, 0.717) is 6.42 Å². The zero-order chi connectivity index (χ0) is 8.81. The smallest absolute Gasteiger partial charge is 0.324 e. The number of rotatable bonds is 3. The van der Waals surface area contributed by atoms with E-state index in [4.69, 9.17) is 11.9 Å². The predicted molar refractivity (Wildman–Crippen MR) is 47.8 cm³/mol. The molecule has 12 heavy (non-hydrogen) atoms. The van der Waals surface area contributed by atoms with Crippen LogP contribution < -0.4 is 0 Å². The minimum atomic E-state index is -0.290. The fourth-order valence-corrected chi connectivity index (χ4v) is 1.91. The van der Waals surface area contributed by atoms with Crippen molar-refractivity contribution in [3.63, 3.8) is 0 Å². The van der Waals surface area contributed by atoms with Crippen molar-refractivity contribution >= 4 is 17.8 Å². The Hall–Kier alpha value is -0.240. The molecule has 0 aliphatic heterocycles. The van der Waals surface area contributed by atoms with Crippen molar-refractivity contribution in [3.8, 4) is 0 Å². The SMILES string of the molecule is O=C(CCC1CCCCC1)OCl. The maximum absolute atomic E-state index is 10.7. The Morgan fingerprint density at radius 1 is 1.33 bits per heavy atom. The maximum atomic E-state index is 10.7. The summed E-state index contributed by atoms with van der Waals surface area (Å²) < 4.78 is 4.07. The minimum absolute atomic E-state index is 0.290. The van der Waals surface area contributed by atoms with Gasteiger partial charge in [0, 0.05) is 6.42 Å². The van der Waals surface area contributed by atoms with Gasteiger partial charge >= 0.3 is 5.97 Å². The first-order valence-corrected chi connectivity index (χ1v) is 4.95. The Labute approximate surface area is 78.4 Å². The minimum Gasteiger partial charge on any atom is -0.348 e. The van der Waals surface area contributed by atoms with Gasteiger partial charge in [-0.25, -0.2) is 0 Å². The summed E-state index contributed by atoms with van der Waals surface area (Å²) in [6, 6.07) is 0. The highest BCUT2D eigenvalue weighted by atomic mass is 35.5. The Balaban J connectivity index is 2.09. The lowest BCUT2D eigenvalue weighted by molar-refractivity contribution is -0.134. The summed E-state index contributed by atoms with van der Waals surface area (Å²) in [5, 5.41) is 0. The highest BCUT2D eigenvalue weighted by Gasteiger charge is 2.14. The summed E-state index contributed by atoms with van der Waals surface area (Å²) in [6.07, 6.45) is 7.97. The van der Waals surface area contributed by atoms with Crippen molar-refractivity contribution in [2.75, 3.05) is 0 Å². The van der Waals surface area contributed by atoms with Crippen LogP contribution in [0.3, 0.4) is 0 Å². The molecule has 0 spiro atoms. The molecule has 0 heterocycles. The van der Waals surface area contributed by atoms with Crippen LogP contribution in [0.4, 0.5) is 0 Å². The lowest BCUT2D eigenvalue weighted by Gasteiger charge is -2.20. The van der Waals surface area contributed by atoms with Crippen LogP contribution >= 0.6 is 11.9 Å². The summed E-state index contributed by atoms with van der Waals surface area (Å²) in [5.41, 5.74) is 0. The molecular formula is C9H15ClO2. The molecule has 70 valence electrons. The zero-order valence-corrected chi connectivity index (χ0v) is 7.98. The lowest BCUT2D eigenvalue weighted by Crippen LogP contribution is -2.08. The van der Waals surface area contributed by atoms with Crippen LogP contribution in [0.2, 0.25) is 0 Å². The second kappa shape index (κ2) is 5.41. The Morgan fingerprint density at radius 2 is 2.00 bits per heavy atom. The van der Waals surface area contributed by atoms with Gasteiger partial charge < -0.3 is 4.29 Å². The monoisotopic (exact) mass is 190 g/mol. The molecule has 0 aromatic rings. The van der Waals surface area contributed by atoms with Gasteiger partial charge in [0.15, 0.2) is 0 Å². The maximum Gasteiger partial charge on any atom is 0.324 e. The molecule has 1 saturated carbocycles. The third-order valence-corrected chi connectivity index (χ3v) is 2.74. The first-order valence-electron chi connectivity index (χ1n) is 4.64. The van der Waals surface area contributed by atoms with E-state index >= 15 is 0 Å². The van der Waals surface area contributed by atoms with Crippen molar-refractivity contribution in [2.45, 2.75) is 44.9 Å². The second-order valence-corrected chi connectivity index (χ2v) is 3.65. The fraction of sp³-hybridized carbons (Fsp3) is 0.889. The molecule has 0 aromatic heterocycles. The third-order valence-electron chi connectivity index (χ3n) is 2.57. The van der Waals surface area contributed by atoms with E-state index in [-0.39, 0.29) is 5.97 Å². The molecule has 1 aliphatic rings. The fourth-order valence-electron chi connectivity index (χ4n) is 1.84. The molecular weight excluding hydrogens is 176 g/mol. The summed E-state index contributed by atoms with van der Waals surface area (Å²) in [4.78, 5) is 10.7. The van der Waals surface area contributed by atoms with Gasteiger partial charge in [0.2, 0.25) is 0 Å². The van der Waals surface area contributed by atoms with Crippen LogP contribution in [-0.2, 0) is 9.08 Å². The van der Waals surface area contributed by atoms with Gasteiger partial charge in [0.25, 0.3) is 0 Å². The van der Waals surface area contributed by atoms with Crippen LogP contribution in [0.1, 0.15) is 44.9 Å².